The van der Waals surface area contributed by atoms with Crippen LogP contribution >= 0.6 is 0 Å². The lowest BCUT2D eigenvalue weighted by Crippen LogP contribution is -2.31. The predicted molar refractivity (Wildman–Crippen MR) is 109 cm³/mol. The van der Waals surface area contributed by atoms with Gasteiger partial charge >= 0.3 is 6.61 Å². The molecule has 0 bridgehead atoms. The Balaban J connectivity index is 1.92. The van der Waals surface area contributed by atoms with Crippen molar-refractivity contribution in [2.24, 2.45) is 0 Å². The SMILES string of the molecule is COc1cccc(OC)c1S(=O)(=O)NC(=O)c1ccc(Cn2cccn2)c(OC(F)F)c1. The van der Waals surface area contributed by atoms with Gasteiger partial charge in [-0.25, -0.2) is 13.1 Å². The zero-order valence-electron chi connectivity index (χ0n) is 17.0. The zero-order chi connectivity index (χ0) is 23.3. The number of carbonyl (C=O) groups excluding carboxylic acids is 1. The van der Waals surface area contributed by atoms with Crippen LogP contribution in [0.15, 0.2) is 59.8 Å². The van der Waals surface area contributed by atoms with Crippen molar-refractivity contribution >= 4 is 15.9 Å². The molecule has 2 aromatic carbocycles. The van der Waals surface area contributed by atoms with Crippen LogP contribution in [0.25, 0.3) is 0 Å². The molecular formula is C20H19F2N3O6S. The quantitative estimate of drug-likeness (QED) is 0.515. The molecule has 1 amide bonds. The monoisotopic (exact) mass is 467 g/mol. The van der Waals surface area contributed by atoms with Gasteiger partial charge in [-0.15, -0.1) is 0 Å². The fourth-order valence-corrected chi connectivity index (χ4v) is 4.21. The predicted octanol–water partition coefficient (Wildman–Crippen LogP) is 2.67. The van der Waals surface area contributed by atoms with Gasteiger partial charge in [0.2, 0.25) is 0 Å². The van der Waals surface area contributed by atoms with Crippen LogP contribution in [0.4, 0.5) is 8.78 Å². The van der Waals surface area contributed by atoms with Crippen molar-refractivity contribution in [2.45, 2.75) is 18.1 Å². The number of nitrogens with one attached hydrogen (secondary N) is 1. The van der Waals surface area contributed by atoms with Crippen LogP contribution in [0.5, 0.6) is 17.2 Å². The first-order valence-corrected chi connectivity index (χ1v) is 10.6. The van der Waals surface area contributed by atoms with Crippen molar-refractivity contribution in [1.29, 1.82) is 0 Å². The first-order valence-electron chi connectivity index (χ1n) is 9.08. The van der Waals surface area contributed by atoms with E-state index >= 15 is 0 Å². The minimum atomic E-state index is -4.43. The van der Waals surface area contributed by atoms with Crippen LogP contribution in [-0.2, 0) is 16.6 Å². The van der Waals surface area contributed by atoms with Crippen LogP contribution < -0.4 is 18.9 Å². The summed E-state index contributed by atoms with van der Waals surface area (Å²) in [6.07, 6.45) is 3.15. The van der Waals surface area contributed by atoms with Gasteiger partial charge in [-0.05, 0) is 30.3 Å². The summed E-state index contributed by atoms with van der Waals surface area (Å²) in [6, 6.07) is 9.67. The van der Waals surface area contributed by atoms with Crippen molar-refractivity contribution in [2.75, 3.05) is 14.2 Å². The Kier molecular flexibility index (Phi) is 6.93. The number of alkyl halides is 2. The molecule has 0 spiro atoms. The Morgan fingerprint density at radius 2 is 1.78 bits per heavy atom. The van der Waals surface area contributed by atoms with Crippen molar-refractivity contribution in [3.05, 3.63) is 66.0 Å². The van der Waals surface area contributed by atoms with E-state index in [9.17, 15) is 22.0 Å². The van der Waals surface area contributed by atoms with Crippen molar-refractivity contribution in [1.82, 2.24) is 14.5 Å². The molecule has 12 heteroatoms. The second-order valence-corrected chi connectivity index (χ2v) is 7.95. The highest BCUT2D eigenvalue weighted by Gasteiger charge is 2.27. The highest BCUT2D eigenvalue weighted by molar-refractivity contribution is 7.90. The number of aromatic nitrogens is 2. The largest absolute Gasteiger partial charge is 0.495 e. The fourth-order valence-electron chi connectivity index (χ4n) is 2.91. The number of benzene rings is 2. The first kappa shape index (κ1) is 23.0. The molecule has 1 N–H and O–H groups in total. The molecule has 0 radical (unpaired) electrons. The number of rotatable bonds is 9. The minimum Gasteiger partial charge on any atom is -0.495 e. The molecule has 3 rings (SSSR count). The summed E-state index contributed by atoms with van der Waals surface area (Å²) in [4.78, 5) is 12.3. The van der Waals surface area contributed by atoms with Crippen molar-refractivity contribution in [3.8, 4) is 17.2 Å². The maximum atomic E-state index is 12.9. The Morgan fingerprint density at radius 3 is 2.34 bits per heavy atom. The van der Waals surface area contributed by atoms with Gasteiger partial charge in [0.15, 0.2) is 4.90 Å². The minimum absolute atomic E-state index is 0.0408. The van der Waals surface area contributed by atoms with E-state index in [1.165, 1.54) is 55.4 Å². The van der Waals surface area contributed by atoms with E-state index in [-0.39, 0.29) is 34.3 Å². The standard InChI is InChI=1S/C20H19F2N3O6S/c1-29-15-5-3-6-16(30-2)18(15)32(27,28)24-19(26)13-7-8-14(12-25-10-4-9-23-25)17(11-13)31-20(21)22/h3-11,20H,12H2,1-2H3,(H,24,26). The summed E-state index contributed by atoms with van der Waals surface area (Å²) in [6.45, 7) is -3.04. The second kappa shape index (κ2) is 9.64. The zero-order valence-corrected chi connectivity index (χ0v) is 17.8. The third-order valence-corrected chi connectivity index (χ3v) is 5.71. The molecule has 170 valence electrons. The van der Waals surface area contributed by atoms with E-state index in [4.69, 9.17) is 9.47 Å². The topological polar surface area (TPSA) is 109 Å². The van der Waals surface area contributed by atoms with Gasteiger partial charge in [0.25, 0.3) is 15.9 Å². The highest BCUT2D eigenvalue weighted by atomic mass is 32.2. The van der Waals surface area contributed by atoms with Gasteiger partial charge in [-0.2, -0.15) is 13.9 Å². The Hall–Kier alpha value is -3.67. The van der Waals surface area contributed by atoms with E-state index in [1.54, 1.807) is 12.3 Å². The number of hydrogen-bond acceptors (Lipinski definition) is 7. The summed E-state index contributed by atoms with van der Waals surface area (Å²) in [7, 11) is -1.90. The fraction of sp³-hybridized carbons (Fsp3) is 0.200. The first-order chi connectivity index (χ1) is 15.2. The molecule has 0 fully saturated rings. The number of methoxy groups -OCH3 is 2. The van der Waals surface area contributed by atoms with E-state index < -0.39 is 22.5 Å². The number of hydrogen-bond donors (Lipinski definition) is 1. The number of sulfonamides is 1. The summed E-state index contributed by atoms with van der Waals surface area (Å²) in [5, 5.41) is 4.00. The van der Waals surface area contributed by atoms with Gasteiger partial charge in [0.1, 0.15) is 17.2 Å². The van der Waals surface area contributed by atoms with Crippen LogP contribution in [-0.4, -0.2) is 44.9 Å². The lowest BCUT2D eigenvalue weighted by Gasteiger charge is -2.15. The summed E-state index contributed by atoms with van der Waals surface area (Å²) in [5.41, 5.74) is 0.113. The Morgan fingerprint density at radius 1 is 1.09 bits per heavy atom. The van der Waals surface area contributed by atoms with Crippen LogP contribution in [0.2, 0.25) is 0 Å². The molecule has 1 aromatic heterocycles. The number of nitrogens with zero attached hydrogens (tertiary/aromatic N) is 2. The number of amides is 1. The highest BCUT2D eigenvalue weighted by Crippen LogP contribution is 2.33. The van der Waals surface area contributed by atoms with Crippen molar-refractivity contribution < 1.29 is 36.2 Å². The second-order valence-electron chi connectivity index (χ2n) is 6.33. The molecular weight excluding hydrogens is 448 g/mol. The maximum absolute atomic E-state index is 12.9. The molecule has 9 nitrogen and oxygen atoms in total. The van der Waals surface area contributed by atoms with Crippen molar-refractivity contribution in [3.63, 3.8) is 0 Å². The van der Waals surface area contributed by atoms with Crippen LogP contribution in [0.3, 0.4) is 0 Å². The van der Waals surface area contributed by atoms with Gasteiger partial charge in [0, 0.05) is 23.5 Å². The van der Waals surface area contributed by atoms with Gasteiger partial charge < -0.3 is 14.2 Å². The van der Waals surface area contributed by atoms with Crippen LogP contribution in [0, 0.1) is 0 Å². The molecule has 0 saturated carbocycles. The molecule has 0 saturated heterocycles. The van der Waals surface area contributed by atoms with Gasteiger partial charge in [0.05, 0.1) is 20.8 Å². The average Bonchev–Trinajstić information content (AvgIpc) is 3.26. The van der Waals surface area contributed by atoms with Crippen LogP contribution in [0.1, 0.15) is 15.9 Å². The molecule has 1 heterocycles. The third kappa shape index (κ3) is 5.14. The summed E-state index contributed by atoms with van der Waals surface area (Å²) >= 11 is 0. The molecule has 0 atom stereocenters. The number of carbonyl (C=O) groups is 1. The summed E-state index contributed by atoms with van der Waals surface area (Å²) in [5.74, 6) is -1.42. The van der Waals surface area contributed by atoms with E-state index in [2.05, 4.69) is 9.84 Å². The molecule has 3 aromatic rings. The lowest BCUT2D eigenvalue weighted by molar-refractivity contribution is -0.0505. The van der Waals surface area contributed by atoms with Gasteiger partial charge in [-0.3, -0.25) is 9.48 Å². The third-order valence-electron chi connectivity index (χ3n) is 4.32. The van der Waals surface area contributed by atoms with E-state index in [1.807, 2.05) is 4.72 Å². The normalized spacial score (nSPS) is 11.3. The maximum Gasteiger partial charge on any atom is 0.387 e. The van der Waals surface area contributed by atoms with E-state index in [0.717, 1.165) is 6.07 Å². The number of ether oxygens (including phenoxy) is 3. The van der Waals surface area contributed by atoms with E-state index in [0.29, 0.717) is 5.56 Å². The Bertz CT molecular complexity index is 1180. The number of halogens is 2. The Labute approximate surface area is 182 Å². The smallest absolute Gasteiger partial charge is 0.387 e. The molecule has 0 aliphatic carbocycles. The lowest BCUT2D eigenvalue weighted by atomic mass is 10.1. The molecule has 0 unspecified atom stereocenters. The summed E-state index contributed by atoms with van der Waals surface area (Å²) < 4.78 is 69.6. The van der Waals surface area contributed by atoms with Gasteiger partial charge in [-0.1, -0.05) is 12.1 Å². The molecule has 0 aliphatic heterocycles. The average molecular weight is 467 g/mol. The molecule has 32 heavy (non-hydrogen) atoms. The molecule has 0 aliphatic rings.